The van der Waals surface area contributed by atoms with Crippen LogP contribution in [-0.4, -0.2) is 83.1 Å². The molecular weight excluding hydrogens is 524 g/mol. The first-order chi connectivity index (χ1) is 20.4. The lowest BCUT2D eigenvalue weighted by Crippen LogP contribution is -2.35. The Kier molecular flexibility index (Phi) is 10.5. The van der Waals surface area contributed by atoms with Crippen LogP contribution in [0.1, 0.15) is 59.8 Å². The standard InChI is InChI=1S/C34H44N6O2/c1-7-39(8-2)23-21-35-33(41)31-25-15-11-13-17-27(25)37(5)29(31)19-20-30-32(26-16-12-14-18-28(26)38(30)6)34(42)36-22-24-40(9-3)10-4/h11-18H,7-10,21-24H2,1-6H3,(H,35,41)(H,36,42). The van der Waals surface area contributed by atoms with Crippen molar-refractivity contribution in [1.82, 2.24) is 29.6 Å². The fourth-order valence-corrected chi connectivity index (χ4v) is 5.57. The fraction of sp³-hybridized carbons (Fsp3) is 0.412. The van der Waals surface area contributed by atoms with Gasteiger partial charge in [-0.05, 0) is 50.2 Å². The van der Waals surface area contributed by atoms with Crippen LogP contribution in [0, 0.1) is 11.8 Å². The van der Waals surface area contributed by atoms with E-state index in [1.807, 2.05) is 71.8 Å². The van der Waals surface area contributed by atoms with Gasteiger partial charge in [-0.1, -0.05) is 64.1 Å². The zero-order valence-electron chi connectivity index (χ0n) is 25.9. The smallest absolute Gasteiger partial charge is 0.254 e. The van der Waals surface area contributed by atoms with E-state index in [4.69, 9.17) is 0 Å². The zero-order valence-corrected chi connectivity index (χ0v) is 25.9. The molecule has 2 heterocycles. The Labute approximate surface area is 249 Å². The molecule has 4 rings (SSSR count). The maximum Gasteiger partial charge on any atom is 0.254 e. The van der Waals surface area contributed by atoms with E-state index in [0.29, 0.717) is 35.6 Å². The average molecular weight is 569 g/mol. The van der Waals surface area contributed by atoms with E-state index in [0.717, 1.165) is 61.1 Å². The first-order valence-electron chi connectivity index (χ1n) is 15.0. The number of likely N-dealkylation sites (N-methyl/N-ethyl adjacent to an activating group) is 2. The Bertz CT molecular complexity index is 1490. The predicted octanol–water partition coefficient (Wildman–Crippen LogP) is 4.21. The highest BCUT2D eigenvalue weighted by Crippen LogP contribution is 2.27. The number of fused-ring (bicyclic) bond motifs is 2. The third-order valence-electron chi connectivity index (χ3n) is 8.18. The van der Waals surface area contributed by atoms with Gasteiger partial charge in [-0.3, -0.25) is 9.59 Å². The lowest BCUT2D eigenvalue weighted by atomic mass is 10.1. The van der Waals surface area contributed by atoms with Gasteiger partial charge in [-0.25, -0.2) is 0 Å². The molecule has 0 aliphatic carbocycles. The second kappa shape index (κ2) is 14.2. The van der Waals surface area contributed by atoms with Crippen molar-refractivity contribution in [3.8, 4) is 11.8 Å². The van der Waals surface area contributed by atoms with E-state index in [-0.39, 0.29) is 11.8 Å². The minimum Gasteiger partial charge on any atom is -0.351 e. The third-order valence-corrected chi connectivity index (χ3v) is 8.18. The highest BCUT2D eigenvalue weighted by Gasteiger charge is 2.22. The number of carbonyl (C=O) groups is 2. The van der Waals surface area contributed by atoms with Gasteiger partial charge in [0, 0.05) is 62.1 Å². The Morgan fingerprint density at radius 1 is 0.643 bits per heavy atom. The number of nitrogens with one attached hydrogen (secondary N) is 2. The normalized spacial score (nSPS) is 11.3. The molecule has 0 bridgehead atoms. The Morgan fingerprint density at radius 2 is 1.00 bits per heavy atom. The molecule has 2 aromatic carbocycles. The van der Waals surface area contributed by atoms with Gasteiger partial charge >= 0.3 is 0 Å². The highest BCUT2D eigenvalue weighted by molar-refractivity contribution is 6.10. The van der Waals surface area contributed by atoms with Crippen molar-refractivity contribution in [1.29, 1.82) is 0 Å². The van der Waals surface area contributed by atoms with Crippen LogP contribution >= 0.6 is 0 Å². The molecule has 4 aromatic rings. The molecule has 42 heavy (non-hydrogen) atoms. The summed E-state index contributed by atoms with van der Waals surface area (Å²) >= 11 is 0. The maximum absolute atomic E-state index is 13.6. The number of carbonyl (C=O) groups excluding carboxylic acids is 2. The fourth-order valence-electron chi connectivity index (χ4n) is 5.57. The summed E-state index contributed by atoms with van der Waals surface area (Å²) in [6, 6.07) is 15.7. The number of benzene rings is 2. The van der Waals surface area contributed by atoms with Crippen molar-refractivity contribution < 1.29 is 9.59 Å². The summed E-state index contributed by atoms with van der Waals surface area (Å²) in [5, 5.41) is 7.94. The van der Waals surface area contributed by atoms with Crippen LogP contribution in [0.3, 0.4) is 0 Å². The predicted molar refractivity (Wildman–Crippen MR) is 172 cm³/mol. The number of rotatable bonds is 12. The van der Waals surface area contributed by atoms with E-state index >= 15 is 0 Å². The molecule has 2 N–H and O–H groups in total. The molecule has 8 heteroatoms. The van der Waals surface area contributed by atoms with Gasteiger partial charge in [0.2, 0.25) is 0 Å². The summed E-state index contributed by atoms with van der Waals surface area (Å²) in [6.45, 7) is 14.9. The van der Waals surface area contributed by atoms with Gasteiger partial charge in [0.1, 0.15) is 11.4 Å². The number of hydrogen-bond acceptors (Lipinski definition) is 4. The minimum absolute atomic E-state index is 0.144. The number of nitrogens with zero attached hydrogens (tertiary/aromatic N) is 4. The number of aryl methyl sites for hydroxylation is 2. The van der Waals surface area contributed by atoms with Crippen LogP contribution in [0.2, 0.25) is 0 Å². The molecule has 0 unspecified atom stereocenters. The number of amides is 2. The number of aromatic nitrogens is 2. The molecule has 0 aliphatic rings. The largest absolute Gasteiger partial charge is 0.351 e. The first-order valence-corrected chi connectivity index (χ1v) is 15.0. The zero-order chi connectivity index (χ0) is 30.2. The SMILES string of the molecule is CCN(CC)CCNC(=O)c1c(C#Cc2c(C(=O)NCCN(CC)CC)c3ccccc3n2C)n(C)c2ccccc12. The molecule has 8 nitrogen and oxygen atoms in total. The molecule has 0 aliphatic heterocycles. The topological polar surface area (TPSA) is 74.5 Å². The van der Waals surface area contributed by atoms with Gasteiger partial charge in [-0.2, -0.15) is 0 Å². The third kappa shape index (κ3) is 6.38. The van der Waals surface area contributed by atoms with Crippen molar-refractivity contribution in [3.63, 3.8) is 0 Å². The second-order valence-corrected chi connectivity index (χ2v) is 10.4. The van der Waals surface area contributed by atoms with E-state index < -0.39 is 0 Å². The van der Waals surface area contributed by atoms with Crippen LogP contribution in [0.5, 0.6) is 0 Å². The first kappa shape index (κ1) is 30.9. The van der Waals surface area contributed by atoms with Gasteiger partial charge in [0.05, 0.1) is 11.1 Å². The van der Waals surface area contributed by atoms with E-state index in [1.165, 1.54) is 0 Å². The molecular formula is C34H44N6O2. The molecule has 0 saturated carbocycles. The quantitative estimate of drug-likeness (QED) is 0.251. The van der Waals surface area contributed by atoms with Crippen molar-refractivity contribution in [2.75, 3.05) is 52.4 Å². The van der Waals surface area contributed by atoms with Crippen LogP contribution in [0.15, 0.2) is 48.5 Å². The Balaban J connectivity index is 1.74. The van der Waals surface area contributed by atoms with Crippen LogP contribution in [-0.2, 0) is 14.1 Å². The average Bonchev–Trinajstić information content (AvgIpc) is 3.46. The highest BCUT2D eigenvalue weighted by atomic mass is 16.2. The summed E-state index contributed by atoms with van der Waals surface area (Å²) < 4.78 is 3.93. The molecule has 0 atom stereocenters. The molecule has 222 valence electrons. The Hall–Kier alpha value is -4.06. The van der Waals surface area contributed by atoms with E-state index in [2.05, 4.69) is 60.0 Å². The summed E-state index contributed by atoms with van der Waals surface area (Å²) in [6.07, 6.45) is 0. The summed E-state index contributed by atoms with van der Waals surface area (Å²) in [5.74, 6) is 6.34. The number of para-hydroxylation sites is 2. The lowest BCUT2D eigenvalue weighted by Gasteiger charge is -2.18. The van der Waals surface area contributed by atoms with Gasteiger partial charge in [0.25, 0.3) is 11.8 Å². The molecule has 0 spiro atoms. The molecule has 2 aromatic heterocycles. The van der Waals surface area contributed by atoms with E-state index in [1.54, 1.807) is 0 Å². The van der Waals surface area contributed by atoms with Crippen molar-refractivity contribution in [2.45, 2.75) is 27.7 Å². The molecule has 2 amide bonds. The number of hydrogen-bond donors (Lipinski definition) is 2. The summed E-state index contributed by atoms with van der Waals surface area (Å²) in [5.41, 5.74) is 4.22. The maximum atomic E-state index is 13.6. The molecule has 0 saturated heterocycles. The lowest BCUT2D eigenvalue weighted by molar-refractivity contribution is 0.0942. The van der Waals surface area contributed by atoms with Gasteiger partial charge in [-0.15, -0.1) is 0 Å². The van der Waals surface area contributed by atoms with Crippen LogP contribution in [0.4, 0.5) is 0 Å². The van der Waals surface area contributed by atoms with Crippen molar-refractivity contribution in [3.05, 3.63) is 71.0 Å². The van der Waals surface area contributed by atoms with Gasteiger partial charge < -0.3 is 29.6 Å². The van der Waals surface area contributed by atoms with Gasteiger partial charge in [0.15, 0.2) is 0 Å². The van der Waals surface area contributed by atoms with Crippen LogP contribution < -0.4 is 10.6 Å². The summed E-state index contributed by atoms with van der Waals surface area (Å²) in [4.78, 5) is 31.7. The molecule has 0 radical (unpaired) electrons. The minimum atomic E-state index is -0.144. The van der Waals surface area contributed by atoms with Crippen LogP contribution in [0.25, 0.3) is 21.8 Å². The monoisotopic (exact) mass is 568 g/mol. The second-order valence-electron chi connectivity index (χ2n) is 10.4. The summed E-state index contributed by atoms with van der Waals surface area (Å²) in [7, 11) is 3.86. The van der Waals surface area contributed by atoms with Crippen molar-refractivity contribution in [2.24, 2.45) is 14.1 Å². The van der Waals surface area contributed by atoms with Crippen molar-refractivity contribution >= 4 is 33.6 Å². The Morgan fingerprint density at radius 3 is 1.36 bits per heavy atom. The van der Waals surface area contributed by atoms with E-state index in [9.17, 15) is 9.59 Å². The molecule has 0 fully saturated rings.